The Morgan fingerprint density at radius 3 is 2.50 bits per heavy atom. The molecule has 0 atom stereocenters. The van der Waals surface area contributed by atoms with E-state index in [9.17, 15) is 0 Å². The second-order valence-corrected chi connectivity index (χ2v) is 6.08. The van der Waals surface area contributed by atoms with Crippen molar-refractivity contribution in [2.45, 2.75) is 20.8 Å². The molecule has 112 valence electrons. The van der Waals surface area contributed by atoms with Crippen molar-refractivity contribution in [3.8, 4) is 0 Å². The lowest BCUT2D eigenvalue weighted by molar-refractivity contribution is 1.19. The molecule has 2 aromatic rings. The third-order valence-electron chi connectivity index (χ3n) is 4.08. The molecule has 0 fully saturated rings. The summed E-state index contributed by atoms with van der Waals surface area (Å²) in [6.45, 7) is 10.3. The fourth-order valence-corrected chi connectivity index (χ4v) is 2.79. The predicted octanol–water partition coefficient (Wildman–Crippen LogP) is 4.50. The molecule has 0 saturated carbocycles. The highest BCUT2D eigenvalue weighted by Gasteiger charge is 2.20. The summed E-state index contributed by atoms with van der Waals surface area (Å²) in [7, 11) is 0. The minimum atomic E-state index is 0.529. The lowest BCUT2D eigenvalue weighted by Crippen LogP contribution is -2.27. The average Bonchev–Trinajstić information content (AvgIpc) is 2.46. The summed E-state index contributed by atoms with van der Waals surface area (Å²) >= 11 is 6.16. The van der Waals surface area contributed by atoms with E-state index in [0.29, 0.717) is 16.5 Å². The number of nitrogens with zero attached hydrogens (tertiary/aromatic N) is 1. The highest BCUT2D eigenvalue weighted by Crippen LogP contribution is 2.34. The smallest absolute Gasteiger partial charge is 0.140 e. The maximum Gasteiger partial charge on any atom is 0.140 e. The zero-order chi connectivity index (χ0) is 16.0. The van der Waals surface area contributed by atoms with Gasteiger partial charge >= 0.3 is 0 Å². The number of benzene rings is 2. The van der Waals surface area contributed by atoms with Gasteiger partial charge < -0.3 is 11.1 Å². The number of amidine groups is 1. The molecule has 3 nitrogen and oxygen atoms in total. The van der Waals surface area contributed by atoms with E-state index in [0.717, 1.165) is 28.1 Å². The molecule has 0 aromatic heterocycles. The summed E-state index contributed by atoms with van der Waals surface area (Å²) < 4.78 is 0. The molecule has 2 aromatic carbocycles. The summed E-state index contributed by atoms with van der Waals surface area (Å²) in [5, 5.41) is 3.79. The van der Waals surface area contributed by atoms with Crippen LogP contribution in [0.3, 0.4) is 0 Å². The van der Waals surface area contributed by atoms with Gasteiger partial charge in [0.05, 0.1) is 16.4 Å². The topological polar surface area (TPSA) is 50.4 Å². The van der Waals surface area contributed by atoms with Gasteiger partial charge in [-0.05, 0) is 55.7 Å². The van der Waals surface area contributed by atoms with E-state index in [1.54, 1.807) is 6.07 Å². The fourth-order valence-electron chi connectivity index (χ4n) is 2.63. The van der Waals surface area contributed by atoms with Crippen molar-refractivity contribution in [1.82, 2.24) is 5.32 Å². The monoisotopic (exact) mass is 311 g/mol. The summed E-state index contributed by atoms with van der Waals surface area (Å²) in [5.74, 6) is 0.693. The van der Waals surface area contributed by atoms with Crippen LogP contribution in [0.25, 0.3) is 5.70 Å². The molecular weight excluding hydrogens is 294 g/mol. The first-order valence-corrected chi connectivity index (χ1v) is 7.47. The highest BCUT2D eigenvalue weighted by atomic mass is 35.5. The summed E-state index contributed by atoms with van der Waals surface area (Å²) in [4.78, 5) is 4.74. The Hall–Kier alpha value is -2.26. The highest BCUT2D eigenvalue weighted by molar-refractivity contribution is 6.34. The summed E-state index contributed by atoms with van der Waals surface area (Å²) in [6, 6.07) is 7.92. The number of nitrogens with two attached hydrogens (primary N) is 1. The molecule has 3 rings (SSSR count). The van der Waals surface area contributed by atoms with Crippen LogP contribution in [-0.4, -0.2) is 5.84 Å². The number of nitrogen functional groups attached to an aromatic ring is 1. The number of hydrogen-bond acceptors (Lipinski definition) is 3. The molecule has 1 heterocycles. The molecule has 0 radical (unpaired) electrons. The zero-order valence-corrected chi connectivity index (χ0v) is 13.7. The number of aliphatic imine (C=N–C) groups is 1. The van der Waals surface area contributed by atoms with E-state index in [1.807, 2.05) is 13.0 Å². The van der Waals surface area contributed by atoms with Crippen LogP contribution in [0.4, 0.5) is 11.4 Å². The van der Waals surface area contributed by atoms with Crippen LogP contribution in [0, 0.1) is 20.8 Å². The SMILES string of the molecule is C=C1NC(c2c(C)ccc(Cl)c2N)=Nc2cc(C)c(C)cc21. The Morgan fingerprint density at radius 2 is 1.77 bits per heavy atom. The van der Waals surface area contributed by atoms with Crippen LogP contribution in [-0.2, 0) is 0 Å². The number of anilines is 1. The fraction of sp³-hybridized carbons (Fsp3) is 0.167. The van der Waals surface area contributed by atoms with E-state index in [2.05, 4.69) is 37.9 Å². The van der Waals surface area contributed by atoms with E-state index < -0.39 is 0 Å². The van der Waals surface area contributed by atoms with E-state index in [4.69, 9.17) is 22.3 Å². The second-order valence-electron chi connectivity index (χ2n) is 5.67. The number of halogens is 1. The minimum Gasteiger partial charge on any atom is -0.397 e. The third-order valence-corrected chi connectivity index (χ3v) is 4.41. The lowest BCUT2D eigenvalue weighted by atomic mass is 9.99. The van der Waals surface area contributed by atoms with Crippen LogP contribution in [0.1, 0.15) is 27.8 Å². The predicted molar refractivity (Wildman–Crippen MR) is 94.9 cm³/mol. The van der Waals surface area contributed by atoms with Gasteiger partial charge in [0.25, 0.3) is 0 Å². The maximum absolute atomic E-state index is 6.16. The molecule has 0 aliphatic carbocycles. The van der Waals surface area contributed by atoms with E-state index in [-0.39, 0.29) is 0 Å². The Bertz CT molecular complexity index is 835. The maximum atomic E-state index is 6.16. The molecule has 0 saturated heterocycles. The lowest BCUT2D eigenvalue weighted by Gasteiger charge is -2.23. The Labute approximate surface area is 135 Å². The van der Waals surface area contributed by atoms with Gasteiger partial charge in [0.1, 0.15) is 5.84 Å². The van der Waals surface area contributed by atoms with Crippen molar-refractivity contribution < 1.29 is 0 Å². The van der Waals surface area contributed by atoms with Gasteiger partial charge in [-0.1, -0.05) is 24.2 Å². The van der Waals surface area contributed by atoms with Gasteiger partial charge in [0.2, 0.25) is 0 Å². The molecule has 0 amide bonds. The molecule has 0 unspecified atom stereocenters. The van der Waals surface area contributed by atoms with E-state index in [1.165, 1.54) is 11.1 Å². The van der Waals surface area contributed by atoms with E-state index >= 15 is 0 Å². The molecule has 22 heavy (non-hydrogen) atoms. The van der Waals surface area contributed by atoms with Crippen molar-refractivity contribution in [2.75, 3.05) is 5.73 Å². The van der Waals surface area contributed by atoms with Gasteiger partial charge in [0.15, 0.2) is 0 Å². The number of aryl methyl sites for hydroxylation is 3. The first-order valence-electron chi connectivity index (χ1n) is 7.09. The molecule has 4 heteroatoms. The zero-order valence-electron chi connectivity index (χ0n) is 12.9. The van der Waals surface area contributed by atoms with Crippen LogP contribution in [0.15, 0.2) is 35.8 Å². The molecular formula is C18H18ClN3. The van der Waals surface area contributed by atoms with Gasteiger partial charge in [-0.3, -0.25) is 0 Å². The van der Waals surface area contributed by atoms with Crippen molar-refractivity contribution in [1.29, 1.82) is 0 Å². The summed E-state index contributed by atoms with van der Waals surface area (Å²) in [6.07, 6.45) is 0. The normalized spacial score (nSPS) is 13.5. The first kappa shape index (κ1) is 14.7. The van der Waals surface area contributed by atoms with Crippen molar-refractivity contribution in [2.24, 2.45) is 4.99 Å². The van der Waals surface area contributed by atoms with Crippen molar-refractivity contribution >= 4 is 34.5 Å². The second kappa shape index (κ2) is 5.18. The van der Waals surface area contributed by atoms with Crippen LogP contribution >= 0.6 is 11.6 Å². The van der Waals surface area contributed by atoms with Gasteiger partial charge in [-0.15, -0.1) is 0 Å². The van der Waals surface area contributed by atoms with Crippen LogP contribution in [0.2, 0.25) is 5.02 Å². The number of hydrogen-bond donors (Lipinski definition) is 2. The quantitative estimate of drug-likeness (QED) is 0.762. The third kappa shape index (κ3) is 2.28. The van der Waals surface area contributed by atoms with Crippen LogP contribution in [0.5, 0.6) is 0 Å². The van der Waals surface area contributed by atoms with Crippen molar-refractivity contribution in [3.05, 3.63) is 63.7 Å². The molecule has 0 bridgehead atoms. The molecule has 1 aliphatic heterocycles. The van der Waals surface area contributed by atoms with Gasteiger partial charge in [0, 0.05) is 16.8 Å². The largest absolute Gasteiger partial charge is 0.397 e. The molecule has 3 N–H and O–H groups in total. The Balaban J connectivity index is 2.22. The summed E-state index contributed by atoms with van der Waals surface area (Å²) in [5.41, 5.74) is 13.7. The number of rotatable bonds is 1. The molecule has 1 aliphatic rings. The molecule has 0 spiro atoms. The Kier molecular flexibility index (Phi) is 3.45. The van der Waals surface area contributed by atoms with Crippen LogP contribution < -0.4 is 11.1 Å². The average molecular weight is 312 g/mol. The van der Waals surface area contributed by atoms with Crippen molar-refractivity contribution in [3.63, 3.8) is 0 Å². The Morgan fingerprint density at radius 1 is 1.09 bits per heavy atom. The standard InChI is InChI=1S/C18H18ClN3/c1-9-5-6-14(19)17(20)16(9)18-21-12(4)13-7-10(2)11(3)8-15(13)22-18/h5-8H,4,20H2,1-3H3,(H,21,22). The number of nitrogens with one attached hydrogen (secondary N) is 1. The minimum absolute atomic E-state index is 0.529. The number of fused-ring (bicyclic) bond motifs is 1. The van der Waals surface area contributed by atoms with Gasteiger partial charge in [-0.25, -0.2) is 4.99 Å². The first-order chi connectivity index (χ1) is 10.4. The van der Waals surface area contributed by atoms with Gasteiger partial charge in [-0.2, -0.15) is 0 Å².